The van der Waals surface area contributed by atoms with Crippen LogP contribution in [-0.4, -0.2) is 93.9 Å². The normalized spacial score (nSPS) is 20.1. The molecule has 292 valence electrons. The summed E-state index contributed by atoms with van der Waals surface area (Å²) in [5, 5.41) is 3.65. The molecule has 0 spiro atoms. The number of H-pyrrole nitrogens is 1. The fourth-order valence-electron chi connectivity index (χ4n) is 8.54. The molecule has 2 saturated heterocycles. The SMILES string of the molecule is CCC1CN(C(=O)Nc2ccc(CN3CCN(CC)CC3)c(C(F)(F)F)c2)Cc2cc(Oc3ccnc4[nH]c(C5CCN(C(=O)C6CC6)CC5)cc34)ccc21. The number of carbonyl (C=O) groups is 2. The van der Waals surface area contributed by atoms with E-state index in [9.17, 15) is 22.8 Å². The van der Waals surface area contributed by atoms with Crippen LogP contribution in [0.25, 0.3) is 11.0 Å². The maximum Gasteiger partial charge on any atom is 0.416 e. The van der Waals surface area contributed by atoms with E-state index in [-0.39, 0.29) is 29.6 Å². The van der Waals surface area contributed by atoms with Gasteiger partial charge in [0.25, 0.3) is 0 Å². The number of aromatic amines is 1. The molecule has 2 aromatic carbocycles. The molecule has 2 N–H and O–H groups in total. The van der Waals surface area contributed by atoms with E-state index in [1.54, 1.807) is 17.2 Å². The first kappa shape index (κ1) is 37.3. The fraction of sp³-hybridized carbons (Fsp3) is 0.500. The van der Waals surface area contributed by atoms with Crippen LogP contribution in [0.2, 0.25) is 0 Å². The topological polar surface area (TPSA) is 97.0 Å². The number of benzene rings is 2. The number of piperidine rings is 1. The van der Waals surface area contributed by atoms with Gasteiger partial charge in [0.05, 0.1) is 10.9 Å². The Balaban J connectivity index is 0.947. The second kappa shape index (κ2) is 15.5. The molecule has 8 rings (SSSR count). The molecule has 10 nitrogen and oxygen atoms in total. The Hall–Kier alpha value is -4.62. The zero-order valence-electron chi connectivity index (χ0n) is 31.6. The second-order valence-electron chi connectivity index (χ2n) is 15.6. The third kappa shape index (κ3) is 8.18. The molecule has 1 aliphatic carbocycles. The van der Waals surface area contributed by atoms with Gasteiger partial charge in [-0.2, -0.15) is 13.2 Å². The summed E-state index contributed by atoms with van der Waals surface area (Å²) >= 11 is 0. The number of rotatable bonds is 9. The Morgan fingerprint density at radius 3 is 2.38 bits per heavy atom. The lowest BCUT2D eigenvalue weighted by Crippen LogP contribution is -2.45. The summed E-state index contributed by atoms with van der Waals surface area (Å²) in [7, 11) is 0. The van der Waals surface area contributed by atoms with Gasteiger partial charge in [-0.15, -0.1) is 0 Å². The molecule has 2 aromatic heterocycles. The van der Waals surface area contributed by atoms with Crippen LogP contribution in [0.3, 0.4) is 0 Å². The maximum atomic E-state index is 14.3. The van der Waals surface area contributed by atoms with Crippen molar-refractivity contribution in [3.8, 4) is 11.5 Å². The van der Waals surface area contributed by atoms with Gasteiger partial charge in [-0.05, 0) is 91.7 Å². The van der Waals surface area contributed by atoms with Crippen LogP contribution in [0.1, 0.15) is 85.7 Å². The highest BCUT2D eigenvalue weighted by atomic mass is 19.4. The molecule has 55 heavy (non-hydrogen) atoms. The highest BCUT2D eigenvalue weighted by molar-refractivity contribution is 5.90. The molecule has 3 aliphatic heterocycles. The third-order valence-electron chi connectivity index (χ3n) is 12.0. The van der Waals surface area contributed by atoms with Crippen molar-refractivity contribution in [2.75, 3.05) is 57.7 Å². The van der Waals surface area contributed by atoms with Crippen molar-refractivity contribution in [2.24, 2.45) is 5.92 Å². The van der Waals surface area contributed by atoms with Crippen LogP contribution >= 0.6 is 0 Å². The summed E-state index contributed by atoms with van der Waals surface area (Å²) in [5.41, 5.74) is 3.53. The van der Waals surface area contributed by atoms with Crippen molar-refractivity contribution in [3.05, 3.63) is 82.7 Å². The van der Waals surface area contributed by atoms with E-state index in [4.69, 9.17) is 4.74 Å². The summed E-state index contributed by atoms with van der Waals surface area (Å²) in [5.74, 6) is 2.21. The summed E-state index contributed by atoms with van der Waals surface area (Å²) in [4.78, 5) is 42.3. The molecule has 1 saturated carbocycles. The number of amides is 3. The standard InChI is InChI=1S/C42H50F3N7O3/c1-3-27-25-52(41(54)47-32-8-7-30(36(22-32)42(43,44)45)24-50-19-17-49(4-2)18-20-50)26-31-21-33(9-10-34(27)31)55-38-11-14-46-39-35(38)23-37(48-39)28-12-15-51(16-13-28)40(53)29-5-6-29/h7-11,14,21-23,27-29H,3-6,12-13,15-20,24-26H2,1-2H3,(H,46,48)(H,47,54). The molecular formula is C42H50F3N7O3. The van der Waals surface area contributed by atoms with Gasteiger partial charge < -0.3 is 29.7 Å². The number of pyridine rings is 1. The molecule has 13 heteroatoms. The van der Waals surface area contributed by atoms with Crippen LogP contribution < -0.4 is 10.1 Å². The lowest BCUT2D eigenvalue weighted by Gasteiger charge is -2.35. The third-order valence-corrected chi connectivity index (χ3v) is 12.0. The van der Waals surface area contributed by atoms with Crippen molar-refractivity contribution in [2.45, 2.75) is 77.1 Å². The molecule has 5 heterocycles. The van der Waals surface area contributed by atoms with E-state index in [1.165, 1.54) is 6.07 Å². The maximum absolute atomic E-state index is 14.3. The van der Waals surface area contributed by atoms with E-state index in [2.05, 4.69) is 51.1 Å². The first-order valence-corrected chi connectivity index (χ1v) is 19.8. The minimum Gasteiger partial charge on any atom is -0.457 e. The monoisotopic (exact) mass is 757 g/mol. The number of fused-ring (bicyclic) bond motifs is 2. The number of likely N-dealkylation sites (tertiary alicyclic amines) is 1. The van der Waals surface area contributed by atoms with Gasteiger partial charge >= 0.3 is 12.2 Å². The largest absolute Gasteiger partial charge is 0.457 e. The van der Waals surface area contributed by atoms with Crippen LogP contribution in [0, 0.1) is 5.92 Å². The van der Waals surface area contributed by atoms with E-state index >= 15 is 0 Å². The summed E-state index contributed by atoms with van der Waals surface area (Å²) in [6, 6.07) is 13.6. The van der Waals surface area contributed by atoms with Gasteiger partial charge in [0.1, 0.15) is 17.1 Å². The fourth-order valence-corrected chi connectivity index (χ4v) is 8.54. The van der Waals surface area contributed by atoms with Crippen LogP contribution in [0.15, 0.2) is 54.7 Å². The van der Waals surface area contributed by atoms with Crippen molar-refractivity contribution < 1.29 is 27.5 Å². The summed E-state index contributed by atoms with van der Waals surface area (Å²) < 4.78 is 49.4. The Morgan fingerprint density at radius 2 is 1.67 bits per heavy atom. The predicted molar refractivity (Wildman–Crippen MR) is 205 cm³/mol. The number of ether oxygens (including phenoxy) is 1. The van der Waals surface area contributed by atoms with Crippen LogP contribution in [0.4, 0.5) is 23.7 Å². The quantitative estimate of drug-likeness (QED) is 0.179. The van der Waals surface area contributed by atoms with Crippen molar-refractivity contribution >= 4 is 28.7 Å². The van der Waals surface area contributed by atoms with E-state index < -0.39 is 17.8 Å². The smallest absolute Gasteiger partial charge is 0.416 e. The molecule has 4 aromatic rings. The van der Waals surface area contributed by atoms with Gasteiger partial charge in [-0.25, -0.2) is 9.78 Å². The van der Waals surface area contributed by atoms with Gasteiger partial charge in [0.2, 0.25) is 5.91 Å². The van der Waals surface area contributed by atoms with Crippen molar-refractivity contribution in [1.29, 1.82) is 0 Å². The predicted octanol–water partition coefficient (Wildman–Crippen LogP) is 8.17. The number of anilines is 1. The number of likely N-dealkylation sites (N-methyl/N-ethyl adjacent to an activating group) is 1. The van der Waals surface area contributed by atoms with Gasteiger partial charge in [0, 0.05) is 94.2 Å². The Bertz CT molecular complexity index is 2030. The van der Waals surface area contributed by atoms with Gasteiger partial charge in [-0.3, -0.25) is 9.69 Å². The second-order valence-corrected chi connectivity index (χ2v) is 15.6. The highest BCUT2D eigenvalue weighted by Crippen LogP contribution is 2.39. The number of piperazine rings is 1. The first-order valence-electron chi connectivity index (χ1n) is 19.8. The first-order chi connectivity index (χ1) is 26.6. The number of nitrogens with one attached hydrogen (secondary N) is 2. The molecule has 1 unspecified atom stereocenters. The molecule has 4 aliphatic rings. The average molecular weight is 758 g/mol. The van der Waals surface area contributed by atoms with Gasteiger partial charge in [-0.1, -0.05) is 26.0 Å². The van der Waals surface area contributed by atoms with Crippen molar-refractivity contribution in [1.82, 2.24) is 29.6 Å². The number of halogens is 3. The Morgan fingerprint density at radius 1 is 0.909 bits per heavy atom. The van der Waals surface area contributed by atoms with Crippen LogP contribution in [0.5, 0.6) is 11.5 Å². The minimum atomic E-state index is -4.55. The molecular weight excluding hydrogens is 708 g/mol. The number of hydrogen-bond donors (Lipinski definition) is 2. The minimum absolute atomic E-state index is 0.0655. The number of nitrogens with zero attached hydrogens (tertiary/aromatic N) is 5. The number of carbonyl (C=O) groups excluding carboxylic acids is 2. The number of hydrogen-bond acceptors (Lipinski definition) is 6. The van der Waals surface area contributed by atoms with E-state index in [1.807, 2.05) is 23.1 Å². The zero-order valence-corrected chi connectivity index (χ0v) is 31.6. The van der Waals surface area contributed by atoms with Gasteiger partial charge in [0.15, 0.2) is 0 Å². The lowest BCUT2D eigenvalue weighted by atomic mass is 9.88. The van der Waals surface area contributed by atoms with E-state index in [0.29, 0.717) is 36.4 Å². The highest BCUT2D eigenvalue weighted by Gasteiger charge is 2.36. The number of alkyl halides is 3. The number of aromatic nitrogens is 2. The zero-order chi connectivity index (χ0) is 38.3. The molecule has 3 fully saturated rings. The average Bonchev–Trinajstić information content (AvgIpc) is 3.95. The molecule has 3 amide bonds. The Labute approximate surface area is 320 Å². The summed E-state index contributed by atoms with van der Waals surface area (Å²) in [6.45, 7) is 10.7. The lowest BCUT2D eigenvalue weighted by molar-refractivity contribution is -0.138. The number of urea groups is 1. The molecule has 0 bridgehead atoms. The Kier molecular flexibility index (Phi) is 10.5. The summed E-state index contributed by atoms with van der Waals surface area (Å²) in [6.07, 6.45) is 1.81. The van der Waals surface area contributed by atoms with E-state index in [0.717, 1.165) is 112 Å². The van der Waals surface area contributed by atoms with Crippen LogP contribution in [-0.2, 0) is 24.1 Å². The molecule has 1 atom stereocenters. The van der Waals surface area contributed by atoms with Crippen molar-refractivity contribution in [3.63, 3.8) is 0 Å². The molecule has 0 radical (unpaired) electrons.